The minimum Gasteiger partial charge on any atom is -0.489 e. The van der Waals surface area contributed by atoms with Crippen LogP contribution in [-0.4, -0.2) is 11.6 Å². The van der Waals surface area contributed by atoms with Crippen molar-refractivity contribution >= 4 is 35.0 Å². The lowest BCUT2D eigenvalue weighted by atomic mass is 10.3. The molecular weight excluding hydrogens is 477 g/mol. The molecule has 0 radical (unpaired) electrons. The van der Waals surface area contributed by atoms with Gasteiger partial charge in [0.05, 0.1) is 5.56 Å². The molecule has 0 amide bonds. The first-order valence-electron chi connectivity index (χ1n) is 8.63. The number of rotatable bonds is 7. The van der Waals surface area contributed by atoms with Crippen molar-refractivity contribution in [2.24, 2.45) is 0 Å². The van der Waals surface area contributed by atoms with Crippen LogP contribution in [0.15, 0.2) is 81.2 Å². The number of aromatic nitrogens is 1. The van der Waals surface area contributed by atoms with E-state index in [0.717, 1.165) is 9.79 Å². The predicted octanol–water partition coefficient (Wildman–Crippen LogP) is 7.88. The number of nitrogens with zero attached hydrogens (tertiary/aromatic N) is 1. The highest BCUT2D eigenvalue weighted by atomic mass is 35.5. The molecule has 0 N–H and O–H groups in total. The molecule has 0 saturated carbocycles. The third-order valence-electron chi connectivity index (χ3n) is 3.72. The lowest BCUT2D eigenvalue weighted by Crippen LogP contribution is -2.06. The van der Waals surface area contributed by atoms with Crippen LogP contribution in [0.2, 0.25) is 0 Å². The molecule has 0 bridgehead atoms. The van der Waals surface area contributed by atoms with Gasteiger partial charge in [0, 0.05) is 16.0 Å². The summed E-state index contributed by atoms with van der Waals surface area (Å²) in [5, 5.41) is 0. The van der Waals surface area contributed by atoms with E-state index in [-0.39, 0.29) is 16.8 Å². The van der Waals surface area contributed by atoms with E-state index < -0.39 is 23.4 Å². The Morgan fingerprint density at radius 1 is 0.968 bits per heavy atom. The highest BCUT2D eigenvalue weighted by Gasteiger charge is 2.32. The number of alkyl halides is 3. The summed E-state index contributed by atoms with van der Waals surface area (Å²) in [5.41, 5.74) is -1.18. The summed E-state index contributed by atoms with van der Waals surface area (Å²) < 4.78 is 62.5. The summed E-state index contributed by atoms with van der Waals surface area (Å²) in [7, 11) is 0. The summed E-state index contributed by atoms with van der Waals surface area (Å²) in [6.07, 6.45) is -2.62. The van der Waals surface area contributed by atoms with Crippen molar-refractivity contribution in [1.29, 1.82) is 0 Å². The van der Waals surface area contributed by atoms with Crippen LogP contribution >= 0.6 is 35.0 Å². The van der Waals surface area contributed by atoms with Gasteiger partial charge in [0.2, 0.25) is 0 Å². The summed E-state index contributed by atoms with van der Waals surface area (Å²) in [4.78, 5) is 5.24. The lowest BCUT2D eigenvalue weighted by molar-refractivity contribution is -0.138. The fourth-order valence-corrected chi connectivity index (χ4v) is 3.23. The molecule has 0 aliphatic rings. The van der Waals surface area contributed by atoms with Crippen LogP contribution in [0.3, 0.4) is 0 Å². The zero-order chi connectivity index (χ0) is 22.4. The Labute approximate surface area is 189 Å². The van der Waals surface area contributed by atoms with Gasteiger partial charge < -0.3 is 9.47 Å². The van der Waals surface area contributed by atoms with Gasteiger partial charge in [-0.2, -0.15) is 13.2 Å². The van der Waals surface area contributed by atoms with Crippen LogP contribution in [-0.2, 0) is 6.18 Å². The predicted molar refractivity (Wildman–Crippen MR) is 112 cm³/mol. The first-order valence-corrected chi connectivity index (χ1v) is 10.2. The molecule has 31 heavy (non-hydrogen) atoms. The quantitative estimate of drug-likeness (QED) is 0.316. The maximum atomic E-state index is 13.9. The fraction of sp³-hybridized carbons (Fsp3) is 0.0952. The Kier molecular flexibility index (Phi) is 7.69. The van der Waals surface area contributed by atoms with Crippen LogP contribution in [0.5, 0.6) is 17.4 Å². The molecule has 0 fully saturated rings. The number of benzene rings is 2. The zero-order valence-electron chi connectivity index (χ0n) is 15.5. The van der Waals surface area contributed by atoms with Crippen molar-refractivity contribution in [3.8, 4) is 17.4 Å². The number of ether oxygens (including phenoxy) is 2. The summed E-state index contributed by atoms with van der Waals surface area (Å²) in [5.74, 6) is -0.830. The van der Waals surface area contributed by atoms with Gasteiger partial charge in [0.25, 0.3) is 5.88 Å². The highest BCUT2D eigenvalue weighted by Crippen LogP contribution is 2.33. The van der Waals surface area contributed by atoms with E-state index in [4.69, 9.17) is 32.7 Å². The Bertz CT molecular complexity index is 1050. The van der Waals surface area contributed by atoms with E-state index in [9.17, 15) is 17.6 Å². The molecule has 3 aromatic rings. The van der Waals surface area contributed by atoms with E-state index in [1.165, 1.54) is 17.8 Å². The Hall–Kier alpha value is -2.42. The third kappa shape index (κ3) is 7.05. The standard InChI is InChI=1S/C21H13Cl2F4NO2S/c22-19(23)9-10-29-14-1-5-16(6-2-14)31-17-7-3-15(4-8-17)30-20-18(24)11-13(12-28-20)21(25,26)27/h1-9,11-12H,10H2. The number of halogens is 6. The topological polar surface area (TPSA) is 31.4 Å². The van der Waals surface area contributed by atoms with E-state index in [0.29, 0.717) is 18.0 Å². The molecule has 0 aliphatic carbocycles. The van der Waals surface area contributed by atoms with Crippen LogP contribution < -0.4 is 9.47 Å². The number of hydrogen-bond acceptors (Lipinski definition) is 4. The van der Waals surface area contributed by atoms with Crippen LogP contribution in [0.4, 0.5) is 17.6 Å². The molecule has 3 rings (SSSR count). The Morgan fingerprint density at radius 3 is 2.06 bits per heavy atom. The van der Waals surface area contributed by atoms with Gasteiger partial charge in [-0.05, 0) is 60.7 Å². The average Bonchev–Trinajstić information content (AvgIpc) is 2.71. The molecule has 1 aromatic heterocycles. The zero-order valence-corrected chi connectivity index (χ0v) is 17.8. The van der Waals surface area contributed by atoms with Crippen LogP contribution in [0.1, 0.15) is 5.56 Å². The summed E-state index contributed by atoms with van der Waals surface area (Å²) >= 11 is 12.5. The second-order valence-corrected chi connectivity index (χ2v) is 8.12. The first-order chi connectivity index (χ1) is 14.7. The molecule has 1 heterocycles. The molecule has 10 heteroatoms. The molecule has 0 unspecified atom stereocenters. The van der Waals surface area contributed by atoms with Crippen molar-refractivity contribution in [2.75, 3.05) is 6.61 Å². The SMILES string of the molecule is Fc1cc(C(F)(F)F)cnc1Oc1ccc(Sc2ccc(OCC=C(Cl)Cl)cc2)cc1. The van der Waals surface area contributed by atoms with Gasteiger partial charge >= 0.3 is 6.18 Å². The second-order valence-electron chi connectivity index (χ2n) is 5.96. The van der Waals surface area contributed by atoms with Gasteiger partial charge in [-0.3, -0.25) is 0 Å². The van der Waals surface area contributed by atoms with Crippen molar-refractivity contribution in [3.63, 3.8) is 0 Å². The van der Waals surface area contributed by atoms with Gasteiger partial charge in [0.1, 0.15) is 22.6 Å². The van der Waals surface area contributed by atoms with Crippen LogP contribution in [0, 0.1) is 5.82 Å². The first kappa shape index (κ1) is 23.2. The molecule has 162 valence electrons. The monoisotopic (exact) mass is 489 g/mol. The number of pyridine rings is 1. The van der Waals surface area contributed by atoms with Gasteiger partial charge in [0.15, 0.2) is 5.82 Å². The molecule has 2 aromatic carbocycles. The number of hydrogen-bond donors (Lipinski definition) is 0. The minimum atomic E-state index is -4.68. The van der Waals surface area contributed by atoms with Crippen molar-refractivity contribution in [2.45, 2.75) is 16.0 Å². The maximum Gasteiger partial charge on any atom is 0.417 e. The van der Waals surface area contributed by atoms with E-state index in [1.807, 2.05) is 12.1 Å². The van der Waals surface area contributed by atoms with Crippen LogP contribution in [0.25, 0.3) is 0 Å². The normalized spacial score (nSPS) is 11.2. The van der Waals surface area contributed by atoms with Gasteiger partial charge in [-0.25, -0.2) is 9.37 Å². The summed E-state index contributed by atoms with van der Waals surface area (Å²) in [6.45, 7) is 0.255. The molecule has 0 spiro atoms. The average molecular weight is 490 g/mol. The minimum absolute atomic E-state index is 0.136. The maximum absolute atomic E-state index is 13.9. The van der Waals surface area contributed by atoms with Crippen molar-refractivity contribution in [3.05, 3.63) is 82.7 Å². The molecule has 3 nitrogen and oxygen atoms in total. The molecule has 0 atom stereocenters. The third-order valence-corrected chi connectivity index (χ3v) is 5.04. The molecule has 0 saturated heterocycles. The van der Waals surface area contributed by atoms with Crippen molar-refractivity contribution < 1.29 is 27.0 Å². The molecular formula is C21H13Cl2F4NO2S. The second kappa shape index (κ2) is 10.3. The van der Waals surface area contributed by atoms with E-state index >= 15 is 0 Å². The molecule has 0 aliphatic heterocycles. The van der Waals surface area contributed by atoms with Crippen molar-refractivity contribution in [1.82, 2.24) is 4.98 Å². The largest absolute Gasteiger partial charge is 0.489 e. The fourth-order valence-electron chi connectivity index (χ4n) is 2.28. The van der Waals surface area contributed by atoms with E-state index in [2.05, 4.69) is 4.98 Å². The Morgan fingerprint density at radius 2 is 1.55 bits per heavy atom. The summed E-state index contributed by atoms with van der Waals surface area (Å²) in [6, 6.07) is 14.3. The van der Waals surface area contributed by atoms with E-state index in [1.54, 1.807) is 36.4 Å². The smallest absolute Gasteiger partial charge is 0.417 e. The Balaban J connectivity index is 1.60. The lowest BCUT2D eigenvalue weighted by Gasteiger charge is -2.10. The van der Waals surface area contributed by atoms with Gasteiger partial charge in [-0.1, -0.05) is 35.0 Å². The van der Waals surface area contributed by atoms with Gasteiger partial charge in [-0.15, -0.1) is 0 Å². The highest BCUT2D eigenvalue weighted by molar-refractivity contribution is 7.99.